The van der Waals surface area contributed by atoms with Gasteiger partial charge in [-0.05, 0) is 98.0 Å². The van der Waals surface area contributed by atoms with Crippen molar-refractivity contribution in [2.45, 2.75) is 66.5 Å². The lowest BCUT2D eigenvalue weighted by atomic mass is 10.1. The standard InChI is InChI=1S/C31H34O3S2/c1-5-6-7-27-14-22-31(23-15-27)36(32,33)34-35(28-16-8-24(2)9-17-28,29-18-10-25(3)11-19-29)30-20-12-26(4)13-21-30/h8-23H,5-7H2,1-4H3. The summed E-state index contributed by atoms with van der Waals surface area (Å²) in [4.78, 5) is 2.68. The van der Waals surface area contributed by atoms with Crippen LogP contribution in [-0.4, -0.2) is 8.42 Å². The van der Waals surface area contributed by atoms with Crippen LogP contribution in [0.5, 0.6) is 0 Å². The van der Waals surface area contributed by atoms with Crippen LogP contribution in [0, 0.1) is 20.8 Å². The molecule has 0 unspecified atom stereocenters. The van der Waals surface area contributed by atoms with Gasteiger partial charge in [0, 0.05) is 14.7 Å². The molecule has 0 atom stereocenters. The zero-order chi connectivity index (χ0) is 25.8. The first-order chi connectivity index (χ1) is 17.2. The van der Waals surface area contributed by atoms with Gasteiger partial charge >= 0.3 is 10.1 Å². The van der Waals surface area contributed by atoms with E-state index in [-0.39, 0.29) is 4.90 Å². The molecule has 0 fully saturated rings. The van der Waals surface area contributed by atoms with Crippen molar-refractivity contribution >= 4 is 20.4 Å². The molecule has 36 heavy (non-hydrogen) atoms. The number of unbranched alkanes of at least 4 members (excludes halogenated alkanes) is 1. The highest BCUT2D eigenvalue weighted by Gasteiger charge is 2.38. The number of aryl methyl sites for hydroxylation is 4. The fourth-order valence-corrected chi connectivity index (χ4v) is 9.27. The molecule has 0 spiro atoms. The Morgan fingerprint density at radius 3 is 1.28 bits per heavy atom. The average molecular weight is 519 g/mol. The minimum absolute atomic E-state index is 0.172. The Labute approximate surface area is 217 Å². The van der Waals surface area contributed by atoms with Crippen molar-refractivity contribution < 1.29 is 12.0 Å². The Morgan fingerprint density at radius 1 is 0.556 bits per heavy atom. The summed E-state index contributed by atoms with van der Waals surface area (Å²) in [6, 6.07) is 31.2. The summed E-state index contributed by atoms with van der Waals surface area (Å²) < 4.78 is 34.3. The molecule has 4 rings (SSSR count). The first kappa shape index (κ1) is 26.2. The molecular weight excluding hydrogens is 484 g/mol. The van der Waals surface area contributed by atoms with Crippen LogP contribution in [-0.2, 0) is 20.2 Å². The fraction of sp³-hybridized carbons (Fsp3) is 0.226. The van der Waals surface area contributed by atoms with Gasteiger partial charge in [-0.3, -0.25) is 0 Å². The van der Waals surface area contributed by atoms with Gasteiger partial charge in [0.25, 0.3) is 0 Å². The third-order valence-corrected chi connectivity index (χ3v) is 11.5. The van der Waals surface area contributed by atoms with Gasteiger partial charge in [-0.2, -0.15) is 8.42 Å². The minimum atomic E-state index is -4.09. The Hall–Kier alpha value is -2.86. The average Bonchev–Trinajstić information content (AvgIpc) is 2.88. The molecule has 0 radical (unpaired) electrons. The third kappa shape index (κ3) is 5.59. The Bertz CT molecular complexity index is 1280. The Morgan fingerprint density at radius 2 is 0.917 bits per heavy atom. The lowest BCUT2D eigenvalue weighted by molar-refractivity contribution is 0.508. The maximum atomic E-state index is 13.9. The molecule has 0 bridgehead atoms. The molecule has 0 saturated carbocycles. The van der Waals surface area contributed by atoms with Gasteiger partial charge in [0.15, 0.2) is 0 Å². The van der Waals surface area contributed by atoms with Gasteiger partial charge in [0.05, 0.1) is 4.90 Å². The Kier molecular flexibility index (Phi) is 8.04. The zero-order valence-corrected chi connectivity index (χ0v) is 23.0. The highest BCUT2D eigenvalue weighted by atomic mass is 32.3. The molecule has 5 heteroatoms. The molecule has 188 valence electrons. The van der Waals surface area contributed by atoms with E-state index in [1.165, 1.54) is 0 Å². The fourth-order valence-electron chi connectivity index (χ4n) is 4.09. The molecule has 0 aliphatic heterocycles. The monoisotopic (exact) mass is 518 g/mol. The predicted molar refractivity (Wildman–Crippen MR) is 149 cm³/mol. The second-order valence-electron chi connectivity index (χ2n) is 9.27. The van der Waals surface area contributed by atoms with Crippen LogP contribution in [0.2, 0.25) is 0 Å². The molecule has 0 aromatic heterocycles. The van der Waals surface area contributed by atoms with Crippen molar-refractivity contribution in [1.29, 1.82) is 0 Å². The quantitative estimate of drug-likeness (QED) is 0.223. The van der Waals surface area contributed by atoms with Crippen LogP contribution in [0.15, 0.2) is 117 Å². The summed E-state index contributed by atoms with van der Waals surface area (Å²) >= 11 is 0. The van der Waals surface area contributed by atoms with Crippen LogP contribution < -0.4 is 0 Å². The summed E-state index contributed by atoms with van der Waals surface area (Å²) in [6.45, 7) is 8.22. The van der Waals surface area contributed by atoms with Crippen molar-refractivity contribution in [3.8, 4) is 0 Å². The van der Waals surface area contributed by atoms with E-state index in [0.29, 0.717) is 0 Å². The van der Waals surface area contributed by atoms with E-state index in [4.69, 9.17) is 3.63 Å². The van der Waals surface area contributed by atoms with Crippen LogP contribution in [0.4, 0.5) is 0 Å². The lowest BCUT2D eigenvalue weighted by Crippen LogP contribution is -2.14. The normalized spacial score (nSPS) is 12.4. The molecule has 0 heterocycles. The summed E-state index contributed by atoms with van der Waals surface area (Å²) in [5.74, 6) is 0. The van der Waals surface area contributed by atoms with Crippen LogP contribution in [0.1, 0.15) is 42.0 Å². The highest BCUT2D eigenvalue weighted by Crippen LogP contribution is 2.70. The first-order valence-electron chi connectivity index (χ1n) is 12.3. The van der Waals surface area contributed by atoms with Gasteiger partial charge in [-0.15, -0.1) is 0 Å². The van der Waals surface area contributed by atoms with Crippen molar-refractivity contribution in [2.75, 3.05) is 0 Å². The topological polar surface area (TPSA) is 43.4 Å². The number of hydrogen-bond donors (Lipinski definition) is 0. The molecule has 0 N–H and O–H groups in total. The molecular formula is C31H34O3S2. The van der Waals surface area contributed by atoms with Crippen LogP contribution >= 0.6 is 10.3 Å². The van der Waals surface area contributed by atoms with Crippen molar-refractivity contribution in [3.05, 3.63) is 119 Å². The molecule has 0 saturated heterocycles. The summed E-state index contributed by atoms with van der Waals surface area (Å²) in [6.07, 6.45) is 3.10. The highest BCUT2D eigenvalue weighted by molar-refractivity contribution is 8.33. The molecule has 3 nitrogen and oxygen atoms in total. The molecule has 4 aromatic rings. The lowest BCUT2D eigenvalue weighted by Gasteiger charge is -2.39. The van der Waals surface area contributed by atoms with E-state index in [0.717, 1.165) is 56.2 Å². The number of rotatable bonds is 9. The van der Waals surface area contributed by atoms with E-state index in [1.807, 2.05) is 106 Å². The molecule has 0 aliphatic carbocycles. The minimum Gasteiger partial charge on any atom is -0.203 e. The van der Waals surface area contributed by atoms with Crippen LogP contribution in [0.25, 0.3) is 0 Å². The summed E-state index contributed by atoms with van der Waals surface area (Å²) in [5, 5.41) is 0. The predicted octanol–water partition coefficient (Wildman–Crippen LogP) is 8.56. The van der Waals surface area contributed by atoms with Gasteiger partial charge in [0.2, 0.25) is 0 Å². The Balaban J connectivity index is 1.91. The van der Waals surface area contributed by atoms with Crippen LogP contribution in [0.3, 0.4) is 0 Å². The van der Waals surface area contributed by atoms with Gasteiger partial charge in [-0.1, -0.05) is 78.6 Å². The largest absolute Gasteiger partial charge is 0.307 e. The molecule has 4 aromatic carbocycles. The SMILES string of the molecule is CCCCc1ccc(S(=O)(=O)OS(c2ccc(C)cc2)(c2ccc(C)cc2)c2ccc(C)cc2)cc1. The maximum absolute atomic E-state index is 13.9. The molecule has 0 aliphatic rings. The van der Waals surface area contributed by atoms with E-state index >= 15 is 0 Å². The van der Waals surface area contributed by atoms with Gasteiger partial charge in [-0.25, -0.2) is 3.63 Å². The number of hydrogen-bond acceptors (Lipinski definition) is 3. The van der Waals surface area contributed by atoms with E-state index in [1.54, 1.807) is 12.1 Å². The van der Waals surface area contributed by atoms with Gasteiger partial charge < -0.3 is 0 Å². The second kappa shape index (κ2) is 11.0. The van der Waals surface area contributed by atoms with Crippen molar-refractivity contribution in [3.63, 3.8) is 0 Å². The maximum Gasteiger partial charge on any atom is 0.307 e. The zero-order valence-electron chi connectivity index (χ0n) is 21.4. The smallest absolute Gasteiger partial charge is 0.203 e. The van der Waals surface area contributed by atoms with E-state index in [2.05, 4.69) is 6.92 Å². The number of benzene rings is 4. The van der Waals surface area contributed by atoms with Crippen molar-refractivity contribution in [2.24, 2.45) is 0 Å². The second-order valence-corrected chi connectivity index (χ2v) is 13.7. The van der Waals surface area contributed by atoms with E-state index < -0.39 is 20.4 Å². The first-order valence-corrected chi connectivity index (χ1v) is 15.3. The third-order valence-electron chi connectivity index (χ3n) is 6.28. The van der Waals surface area contributed by atoms with Gasteiger partial charge in [0.1, 0.15) is 0 Å². The van der Waals surface area contributed by atoms with Crippen molar-refractivity contribution in [1.82, 2.24) is 0 Å². The summed E-state index contributed by atoms with van der Waals surface area (Å²) in [5.41, 5.74) is 4.44. The molecule has 0 amide bonds. The van der Waals surface area contributed by atoms with E-state index in [9.17, 15) is 8.42 Å². The summed E-state index contributed by atoms with van der Waals surface area (Å²) in [7, 11) is -6.69.